The fourth-order valence-electron chi connectivity index (χ4n) is 2.78. The third-order valence-corrected chi connectivity index (χ3v) is 4.04. The molecule has 0 fully saturated rings. The van der Waals surface area contributed by atoms with Crippen LogP contribution in [0.25, 0.3) is 23.6 Å². The fourth-order valence-corrected chi connectivity index (χ4v) is 2.78. The van der Waals surface area contributed by atoms with Gasteiger partial charge < -0.3 is 14.3 Å². The van der Waals surface area contributed by atoms with Gasteiger partial charge in [0.05, 0.1) is 12.0 Å². The minimum Gasteiger partial charge on any atom is -0.494 e. The lowest BCUT2D eigenvalue weighted by molar-refractivity contribution is -0.114. The summed E-state index contributed by atoms with van der Waals surface area (Å²) < 4.78 is 10.8. The van der Waals surface area contributed by atoms with Crippen molar-refractivity contribution in [3.63, 3.8) is 0 Å². The molecule has 6 heteroatoms. The van der Waals surface area contributed by atoms with E-state index in [-0.39, 0.29) is 17.5 Å². The number of hydrogen-bond donors (Lipinski definition) is 1. The van der Waals surface area contributed by atoms with Crippen molar-refractivity contribution in [2.24, 2.45) is 4.99 Å². The highest BCUT2D eigenvalue weighted by molar-refractivity contribution is 6.07. The van der Waals surface area contributed by atoms with Crippen LogP contribution in [0.2, 0.25) is 0 Å². The van der Waals surface area contributed by atoms with Gasteiger partial charge in [0.2, 0.25) is 5.89 Å². The van der Waals surface area contributed by atoms with Crippen molar-refractivity contribution in [2.75, 3.05) is 6.61 Å². The molecule has 4 rings (SSSR count). The minimum absolute atomic E-state index is 0.174. The number of ether oxygens (including phenoxy) is 1. The van der Waals surface area contributed by atoms with Gasteiger partial charge >= 0.3 is 5.95 Å². The Bertz CT molecular complexity index is 1160. The molecule has 0 bridgehead atoms. The number of hydrogen-bond acceptors (Lipinski definition) is 5. The summed E-state index contributed by atoms with van der Waals surface area (Å²) in [5, 5.41) is 11.4. The zero-order valence-electron chi connectivity index (χ0n) is 14.5. The second-order valence-electron chi connectivity index (χ2n) is 5.89. The van der Waals surface area contributed by atoms with E-state index in [0.29, 0.717) is 23.3 Å². The van der Waals surface area contributed by atoms with Crippen LogP contribution in [0.1, 0.15) is 12.6 Å². The van der Waals surface area contributed by atoms with E-state index in [9.17, 15) is 9.90 Å². The first-order valence-corrected chi connectivity index (χ1v) is 8.48. The zero-order chi connectivity index (χ0) is 18.8. The Morgan fingerprint density at radius 1 is 1.19 bits per heavy atom. The topological polar surface area (TPSA) is 84.9 Å². The molecule has 0 saturated heterocycles. The SMILES string of the molecule is CCOc1ccc2c(c1)=CC(=Cc1nc(-c3ccccc3)oc1O)C(=O)N=2. The van der Waals surface area contributed by atoms with Crippen molar-refractivity contribution < 1.29 is 19.1 Å². The lowest BCUT2D eigenvalue weighted by atomic mass is 10.1. The van der Waals surface area contributed by atoms with Crippen molar-refractivity contribution in [1.82, 2.24) is 4.98 Å². The minimum atomic E-state index is -0.407. The van der Waals surface area contributed by atoms with Crippen LogP contribution in [0.15, 0.2) is 63.5 Å². The van der Waals surface area contributed by atoms with Gasteiger partial charge in [-0.15, -0.1) is 0 Å². The van der Waals surface area contributed by atoms with Crippen LogP contribution in [-0.2, 0) is 4.79 Å². The number of aromatic nitrogens is 1. The molecule has 1 aliphatic rings. The smallest absolute Gasteiger partial charge is 0.310 e. The number of carbonyl (C=O) groups excluding carboxylic acids is 1. The van der Waals surface area contributed by atoms with Crippen LogP contribution in [0.5, 0.6) is 11.7 Å². The van der Waals surface area contributed by atoms with Gasteiger partial charge in [0.25, 0.3) is 5.91 Å². The summed E-state index contributed by atoms with van der Waals surface area (Å²) in [5.74, 6) is 0.220. The quantitative estimate of drug-likeness (QED) is 0.723. The molecule has 0 unspecified atom stereocenters. The standard InChI is InChI=1S/C21H16N2O4/c1-2-26-16-8-9-17-14(11-16)10-15(19(24)22-17)12-18-21(25)27-20(23-18)13-6-4-3-5-7-13/h3-12,25H,2H2,1H3. The normalized spacial score (nSPS) is 14.4. The maximum atomic E-state index is 12.3. The number of aromatic hydroxyl groups is 1. The summed E-state index contributed by atoms with van der Waals surface area (Å²) in [6.07, 6.45) is 3.16. The van der Waals surface area contributed by atoms with Gasteiger partial charge in [-0.05, 0) is 49.4 Å². The van der Waals surface area contributed by atoms with Gasteiger partial charge in [-0.1, -0.05) is 18.2 Å². The molecule has 27 heavy (non-hydrogen) atoms. The van der Waals surface area contributed by atoms with Crippen LogP contribution in [0.3, 0.4) is 0 Å². The molecular weight excluding hydrogens is 344 g/mol. The Morgan fingerprint density at radius 2 is 2.00 bits per heavy atom. The lowest BCUT2D eigenvalue weighted by Gasteiger charge is -2.06. The highest BCUT2D eigenvalue weighted by Crippen LogP contribution is 2.28. The molecule has 0 radical (unpaired) electrons. The molecule has 0 aliphatic carbocycles. The molecule has 2 aromatic carbocycles. The van der Waals surface area contributed by atoms with Crippen LogP contribution < -0.4 is 15.3 Å². The summed E-state index contributed by atoms with van der Waals surface area (Å²) in [7, 11) is 0. The average Bonchev–Trinajstić information content (AvgIpc) is 3.04. The van der Waals surface area contributed by atoms with Crippen LogP contribution in [-0.4, -0.2) is 22.6 Å². The number of nitrogens with zero attached hydrogens (tertiary/aromatic N) is 2. The number of benzene rings is 2. The lowest BCUT2D eigenvalue weighted by Crippen LogP contribution is -2.30. The van der Waals surface area contributed by atoms with Gasteiger partial charge in [0.1, 0.15) is 11.4 Å². The number of carbonyl (C=O) groups is 1. The number of fused-ring (bicyclic) bond motifs is 1. The Balaban J connectivity index is 1.75. The van der Waals surface area contributed by atoms with Gasteiger partial charge in [0, 0.05) is 16.4 Å². The largest absolute Gasteiger partial charge is 0.494 e. The summed E-state index contributed by atoms with van der Waals surface area (Å²) in [4.78, 5) is 20.7. The molecule has 0 saturated carbocycles. The van der Waals surface area contributed by atoms with Crippen molar-refractivity contribution in [2.45, 2.75) is 6.92 Å². The van der Waals surface area contributed by atoms with E-state index in [0.717, 1.165) is 10.8 Å². The van der Waals surface area contributed by atoms with Gasteiger partial charge in [0.15, 0.2) is 0 Å². The summed E-state index contributed by atoms with van der Waals surface area (Å²) >= 11 is 0. The van der Waals surface area contributed by atoms with E-state index in [1.807, 2.05) is 43.3 Å². The molecule has 0 atom stereocenters. The molecule has 1 amide bonds. The maximum Gasteiger partial charge on any atom is 0.310 e. The van der Waals surface area contributed by atoms with Gasteiger partial charge in [-0.25, -0.2) is 9.98 Å². The maximum absolute atomic E-state index is 12.3. The van der Waals surface area contributed by atoms with E-state index in [1.54, 1.807) is 18.2 Å². The van der Waals surface area contributed by atoms with Gasteiger partial charge in [-0.2, -0.15) is 0 Å². The Morgan fingerprint density at radius 3 is 2.78 bits per heavy atom. The molecule has 2 heterocycles. The zero-order valence-corrected chi connectivity index (χ0v) is 14.5. The molecular formula is C21H16N2O4. The third kappa shape index (κ3) is 3.37. The summed E-state index contributed by atoms with van der Waals surface area (Å²) in [6.45, 7) is 2.45. The van der Waals surface area contributed by atoms with E-state index in [4.69, 9.17) is 9.15 Å². The number of amides is 1. The highest BCUT2D eigenvalue weighted by Gasteiger charge is 2.16. The second-order valence-corrected chi connectivity index (χ2v) is 5.89. The molecule has 3 aromatic rings. The van der Waals surface area contributed by atoms with Crippen molar-refractivity contribution >= 4 is 18.1 Å². The molecule has 134 valence electrons. The summed E-state index contributed by atoms with van der Waals surface area (Å²) in [5.41, 5.74) is 1.21. The predicted octanol–water partition coefficient (Wildman–Crippen LogP) is 2.47. The van der Waals surface area contributed by atoms with Crippen LogP contribution >= 0.6 is 0 Å². The molecule has 1 aromatic heterocycles. The molecule has 1 aliphatic heterocycles. The second kappa shape index (κ2) is 6.92. The van der Waals surface area contributed by atoms with Crippen molar-refractivity contribution in [3.8, 4) is 23.1 Å². The number of oxazole rings is 1. The van der Waals surface area contributed by atoms with Gasteiger partial charge in [-0.3, -0.25) is 4.79 Å². The third-order valence-electron chi connectivity index (χ3n) is 4.04. The first kappa shape index (κ1) is 16.8. The molecule has 1 N–H and O–H groups in total. The average molecular weight is 360 g/mol. The van der Waals surface area contributed by atoms with E-state index in [1.165, 1.54) is 6.08 Å². The Labute approximate surface area is 154 Å². The number of rotatable bonds is 4. The van der Waals surface area contributed by atoms with E-state index < -0.39 is 5.91 Å². The first-order chi connectivity index (χ1) is 13.1. The van der Waals surface area contributed by atoms with Crippen LogP contribution in [0, 0.1) is 0 Å². The van der Waals surface area contributed by atoms with E-state index in [2.05, 4.69) is 9.98 Å². The van der Waals surface area contributed by atoms with Crippen molar-refractivity contribution in [1.29, 1.82) is 0 Å². The fraction of sp³-hybridized carbons (Fsp3) is 0.0952. The van der Waals surface area contributed by atoms with Crippen LogP contribution in [0.4, 0.5) is 0 Å². The molecule has 6 nitrogen and oxygen atoms in total. The van der Waals surface area contributed by atoms with Crippen molar-refractivity contribution in [3.05, 3.63) is 70.4 Å². The Hall–Kier alpha value is -3.67. The highest BCUT2D eigenvalue weighted by atomic mass is 16.5. The predicted molar refractivity (Wildman–Crippen MR) is 99.4 cm³/mol. The Kier molecular flexibility index (Phi) is 4.30. The first-order valence-electron chi connectivity index (χ1n) is 8.48. The monoisotopic (exact) mass is 360 g/mol. The summed E-state index contributed by atoms with van der Waals surface area (Å²) in [6, 6.07) is 14.5. The van der Waals surface area contributed by atoms with E-state index >= 15 is 0 Å². The molecule has 0 spiro atoms.